The summed E-state index contributed by atoms with van der Waals surface area (Å²) < 4.78 is 13.0. The van der Waals surface area contributed by atoms with Crippen molar-refractivity contribution in [1.82, 2.24) is 9.97 Å². The molecule has 0 amide bonds. The highest BCUT2D eigenvalue weighted by Crippen LogP contribution is 2.26. The Kier molecular flexibility index (Phi) is 2.28. The zero-order valence-electron chi connectivity index (χ0n) is 9.16. The summed E-state index contributed by atoms with van der Waals surface area (Å²) in [6.07, 6.45) is 6.40. The fraction of sp³-hybridized carbons (Fsp3) is 0.231. The molecule has 2 heterocycles. The third-order valence-corrected chi connectivity index (χ3v) is 3.05. The maximum Gasteiger partial charge on any atom is 0.257 e. The molecule has 4 heteroatoms. The Morgan fingerprint density at radius 1 is 1.35 bits per heavy atom. The highest BCUT2D eigenvalue weighted by atomic mass is 19.1. The first-order valence-corrected chi connectivity index (χ1v) is 5.62. The largest absolute Gasteiger partial charge is 0.322 e. The third kappa shape index (κ3) is 1.75. The molecule has 0 saturated heterocycles. The molecule has 0 radical (unpaired) electrons. The van der Waals surface area contributed by atoms with Gasteiger partial charge in [-0.05, 0) is 37.0 Å². The zero-order chi connectivity index (χ0) is 11.8. The van der Waals surface area contributed by atoms with Crippen LogP contribution in [-0.2, 0) is 0 Å². The van der Waals surface area contributed by atoms with Gasteiger partial charge in [0.1, 0.15) is 5.82 Å². The first-order chi connectivity index (χ1) is 8.24. The molecule has 0 fully saturated rings. The number of fused-ring (bicyclic) bond motifs is 1. The summed E-state index contributed by atoms with van der Waals surface area (Å²) >= 11 is 0. The number of rotatable bonds is 1. The van der Waals surface area contributed by atoms with E-state index in [1.807, 2.05) is 6.07 Å². The predicted molar refractivity (Wildman–Crippen MR) is 64.1 cm³/mol. The minimum atomic E-state index is -0.490. The fourth-order valence-corrected chi connectivity index (χ4v) is 2.20. The number of aromatic amines is 1. The molecule has 0 bridgehead atoms. The minimum Gasteiger partial charge on any atom is -0.322 e. The topological polar surface area (TPSA) is 45.8 Å². The van der Waals surface area contributed by atoms with Gasteiger partial charge in [0.15, 0.2) is 0 Å². The number of hydrogen-bond acceptors (Lipinski definition) is 2. The molecule has 1 N–H and O–H groups in total. The summed E-state index contributed by atoms with van der Waals surface area (Å²) in [4.78, 5) is 18.6. The highest BCUT2D eigenvalue weighted by molar-refractivity contribution is 5.81. The Bertz CT molecular complexity index is 673. The maximum absolute atomic E-state index is 13.0. The van der Waals surface area contributed by atoms with E-state index in [4.69, 9.17) is 0 Å². The standard InChI is InChI=1S/C13H11FN2O/c14-9-5-10-12(15-7-9)6-11(16-13(10)17)8-3-1-2-4-8/h3,5-7H,1-2,4H2,(H,16,17). The van der Waals surface area contributed by atoms with E-state index in [0.29, 0.717) is 10.9 Å². The van der Waals surface area contributed by atoms with E-state index in [9.17, 15) is 9.18 Å². The van der Waals surface area contributed by atoms with Gasteiger partial charge in [-0.15, -0.1) is 0 Å². The molecule has 3 nitrogen and oxygen atoms in total. The number of H-pyrrole nitrogens is 1. The van der Waals surface area contributed by atoms with Crippen molar-refractivity contribution >= 4 is 16.5 Å². The second-order valence-corrected chi connectivity index (χ2v) is 4.22. The molecule has 17 heavy (non-hydrogen) atoms. The summed E-state index contributed by atoms with van der Waals surface area (Å²) in [6, 6.07) is 3.03. The Hall–Kier alpha value is -1.97. The van der Waals surface area contributed by atoms with Crippen molar-refractivity contribution in [2.75, 3.05) is 0 Å². The smallest absolute Gasteiger partial charge is 0.257 e. The lowest BCUT2D eigenvalue weighted by molar-refractivity contribution is 0.624. The lowest BCUT2D eigenvalue weighted by Crippen LogP contribution is -2.09. The molecular weight excluding hydrogens is 219 g/mol. The van der Waals surface area contributed by atoms with Crippen LogP contribution in [0.5, 0.6) is 0 Å². The molecular formula is C13H11FN2O. The number of halogens is 1. The van der Waals surface area contributed by atoms with Crippen LogP contribution in [0.3, 0.4) is 0 Å². The van der Waals surface area contributed by atoms with Crippen LogP contribution in [0, 0.1) is 5.82 Å². The van der Waals surface area contributed by atoms with E-state index in [2.05, 4.69) is 16.0 Å². The van der Waals surface area contributed by atoms with E-state index in [1.54, 1.807) is 0 Å². The SMILES string of the molecule is O=c1[nH]c(C2=CCCC2)cc2ncc(F)cc12. The number of hydrogen-bond donors (Lipinski definition) is 1. The van der Waals surface area contributed by atoms with Crippen LogP contribution in [0.25, 0.3) is 16.5 Å². The summed E-state index contributed by atoms with van der Waals surface area (Å²) in [5.41, 5.74) is 2.21. The van der Waals surface area contributed by atoms with Gasteiger partial charge in [0.05, 0.1) is 17.1 Å². The van der Waals surface area contributed by atoms with Crippen LogP contribution in [0.4, 0.5) is 4.39 Å². The van der Waals surface area contributed by atoms with Crippen molar-refractivity contribution in [1.29, 1.82) is 0 Å². The monoisotopic (exact) mass is 230 g/mol. The van der Waals surface area contributed by atoms with Gasteiger partial charge in [0.25, 0.3) is 5.56 Å². The first-order valence-electron chi connectivity index (χ1n) is 5.62. The lowest BCUT2D eigenvalue weighted by atomic mass is 10.1. The van der Waals surface area contributed by atoms with Crippen LogP contribution < -0.4 is 5.56 Å². The van der Waals surface area contributed by atoms with Gasteiger partial charge in [0, 0.05) is 5.69 Å². The number of nitrogens with zero attached hydrogens (tertiary/aromatic N) is 1. The van der Waals surface area contributed by atoms with E-state index >= 15 is 0 Å². The van der Waals surface area contributed by atoms with Gasteiger partial charge in [-0.3, -0.25) is 9.78 Å². The number of pyridine rings is 2. The van der Waals surface area contributed by atoms with Crippen LogP contribution in [0.1, 0.15) is 25.0 Å². The fourth-order valence-electron chi connectivity index (χ4n) is 2.20. The van der Waals surface area contributed by atoms with Gasteiger partial charge in [-0.2, -0.15) is 0 Å². The van der Waals surface area contributed by atoms with E-state index < -0.39 is 5.82 Å². The Balaban J connectivity index is 2.24. The molecule has 1 aliphatic rings. The molecule has 1 aliphatic carbocycles. The number of allylic oxidation sites excluding steroid dienone is 2. The van der Waals surface area contributed by atoms with Crippen molar-refractivity contribution < 1.29 is 4.39 Å². The normalized spacial score (nSPS) is 15.2. The first kappa shape index (κ1) is 10.2. The average Bonchev–Trinajstić information content (AvgIpc) is 2.83. The molecule has 0 unspecified atom stereocenters. The van der Waals surface area contributed by atoms with Gasteiger partial charge >= 0.3 is 0 Å². The third-order valence-electron chi connectivity index (χ3n) is 3.05. The molecule has 0 aliphatic heterocycles. The molecule has 0 spiro atoms. The summed E-state index contributed by atoms with van der Waals surface area (Å²) in [7, 11) is 0. The molecule has 2 aromatic rings. The minimum absolute atomic E-state index is 0.280. The summed E-state index contributed by atoms with van der Waals surface area (Å²) in [6.45, 7) is 0. The van der Waals surface area contributed by atoms with Gasteiger partial charge < -0.3 is 4.98 Å². The molecule has 3 rings (SSSR count). The van der Waals surface area contributed by atoms with E-state index in [0.717, 1.165) is 36.7 Å². The summed E-state index contributed by atoms with van der Waals surface area (Å²) in [5.74, 6) is -0.490. The second-order valence-electron chi connectivity index (χ2n) is 4.22. The van der Waals surface area contributed by atoms with Gasteiger partial charge in [-0.25, -0.2) is 4.39 Å². The predicted octanol–water partition coefficient (Wildman–Crippen LogP) is 2.63. The molecule has 2 aromatic heterocycles. The Morgan fingerprint density at radius 2 is 2.24 bits per heavy atom. The number of aromatic nitrogens is 2. The van der Waals surface area contributed by atoms with Crippen molar-refractivity contribution in [3.05, 3.63) is 46.3 Å². The Labute approximate surface area is 97.0 Å². The number of nitrogens with one attached hydrogen (secondary N) is 1. The lowest BCUT2D eigenvalue weighted by Gasteiger charge is -2.04. The van der Waals surface area contributed by atoms with E-state index in [1.165, 1.54) is 6.07 Å². The van der Waals surface area contributed by atoms with Crippen molar-refractivity contribution in [2.24, 2.45) is 0 Å². The van der Waals surface area contributed by atoms with Crippen LogP contribution in [-0.4, -0.2) is 9.97 Å². The molecule has 0 saturated carbocycles. The van der Waals surface area contributed by atoms with E-state index in [-0.39, 0.29) is 5.56 Å². The molecule has 0 atom stereocenters. The van der Waals surface area contributed by atoms with Crippen LogP contribution in [0.2, 0.25) is 0 Å². The van der Waals surface area contributed by atoms with Gasteiger partial charge in [0.2, 0.25) is 0 Å². The van der Waals surface area contributed by atoms with Crippen molar-refractivity contribution in [3.63, 3.8) is 0 Å². The zero-order valence-corrected chi connectivity index (χ0v) is 9.16. The van der Waals surface area contributed by atoms with Gasteiger partial charge in [-0.1, -0.05) is 6.08 Å². The van der Waals surface area contributed by atoms with Crippen molar-refractivity contribution in [2.45, 2.75) is 19.3 Å². The second kappa shape index (κ2) is 3.80. The molecule has 86 valence electrons. The van der Waals surface area contributed by atoms with Crippen LogP contribution >= 0.6 is 0 Å². The molecule has 0 aromatic carbocycles. The maximum atomic E-state index is 13.0. The highest BCUT2D eigenvalue weighted by Gasteiger charge is 2.10. The summed E-state index contributed by atoms with van der Waals surface area (Å²) in [5, 5.41) is 0.298. The average molecular weight is 230 g/mol. The quantitative estimate of drug-likeness (QED) is 0.818. The van der Waals surface area contributed by atoms with Crippen LogP contribution in [0.15, 0.2) is 29.2 Å². The Morgan fingerprint density at radius 3 is 3.00 bits per heavy atom. The van der Waals surface area contributed by atoms with Crippen molar-refractivity contribution in [3.8, 4) is 0 Å².